The van der Waals surface area contributed by atoms with Crippen LogP contribution in [0, 0.1) is 5.82 Å². The van der Waals surface area contributed by atoms with E-state index in [0.717, 1.165) is 30.0 Å². The summed E-state index contributed by atoms with van der Waals surface area (Å²) in [5.74, 6) is -0.168. The van der Waals surface area contributed by atoms with Crippen LogP contribution in [0.1, 0.15) is 27.8 Å². The Morgan fingerprint density at radius 2 is 1.89 bits per heavy atom. The lowest BCUT2D eigenvalue weighted by Crippen LogP contribution is -2.49. The van der Waals surface area contributed by atoms with Gasteiger partial charge in [-0.3, -0.25) is 14.7 Å². The van der Waals surface area contributed by atoms with E-state index < -0.39 is 0 Å². The number of likely N-dealkylation sites (tertiary alicyclic amines) is 1. The summed E-state index contributed by atoms with van der Waals surface area (Å²) in [6.07, 6.45) is 3.75. The van der Waals surface area contributed by atoms with Crippen LogP contribution in [-0.4, -0.2) is 44.4 Å². The van der Waals surface area contributed by atoms with E-state index in [9.17, 15) is 9.18 Å². The summed E-state index contributed by atoms with van der Waals surface area (Å²) in [6.45, 7) is 2.76. The smallest absolute Gasteiger partial charge is 0.271 e. The summed E-state index contributed by atoms with van der Waals surface area (Å²) in [7, 11) is 0. The van der Waals surface area contributed by atoms with E-state index in [1.807, 2.05) is 47.5 Å². The Kier molecular flexibility index (Phi) is 4.20. The molecule has 5 nitrogen and oxygen atoms in total. The normalized spacial score (nSPS) is 21.6. The average Bonchev–Trinajstić information content (AvgIpc) is 3.33. The van der Waals surface area contributed by atoms with Crippen molar-refractivity contribution in [2.75, 3.05) is 13.1 Å². The van der Waals surface area contributed by atoms with Gasteiger partial charge in [0.2, 0.25) is 0 Å². The topological polar surface area (TPSA) is 41.4 Å². The van der Waals surface area contributed by atoms with Crippen LogP contribution in [0.3, 0.4) is 0 Å². The third-order valence-electron chi connectivity index (χ3n) is 5.70. The Hall–Kier alpha value is -2.99. The van der Waals surface area contributed by atoms with Gasteiger partial charge >= 0.3 is 0 Å². The van der Waals surface area contributed by atoms with E-state index in [2.05, 4.69) is 14.5 Å². The lowest BCUT2D eigenvalue weighted by molar-refractivity contribution is 0.0553. The lowest BCUT2D eigenvalue weighted by atomic mass is 10.1. The van der Waals surface area contributed by atoms with Crippen molar-refractivity contribution in [3.05, 3.63) is 89.8 Å². The Labute approximate surface area is 163 Å². The Morgan fingerprint density at radius 1 is 1.00 bits per heavy atom. The van der Waals surface area contributed by atoms with Crippen molar-refractivity contribution in [3.8, 4) is 0 Å². The molecule has 0 saturated carbocycles. The minimum Gasteiger partial charge on any atom is -0.337 e. The average molecular weight is 376 g/mol. The third kappa shape index (κ3) is 2.99. The van der Waals surface area contributed by atoms with Gasteiger partial charge in [0.05, 0.1) is 24.3 Å². The molecule has 0 spiro atoms. The van der Waals surface area contributed by atoms with Gasteiger partial charge in [-0.05, 0) is 42.0 Å². The molecule has 0 radical (unpaired) electrons. The van der Waals surface area contributed by atoms with E-state index in [-0.39, 0.29) is 23.8 Å². The number of rotatable bonds is 4. The van der Waals surface area contributed by atoms with Gasteiger partial charge in [-0.25, -0.2) is 4.39 Å². The second kappa shape index (κ2) is 6.87. The molecule has 5 rings (SSSR count). The molecule has 2 aromatic heterocycles. The van der Waals surface area contributed by atoms with E-state index >= 15 is 0 Å². The molecule has 6 heteroatoms. The monoisotopic (exact) mass is 376 g/mol. The van der Waals surface area contributed by atoms with Crippen LogP contribution in [0.25, 0.3) is 0 Å². The van der Waals surface area contributed by atoms with Crippen LogP contribution in [-0.2, 0) is 13.1 Å². The van der Waals surface area contributed by atoms with Gasteiger partial charge in [-0.2, -0.15) is 0 Å². The zero-order valence-corrected chi connectivity index (χ0v) is 15.4. The Balaban J connectivity index is 1.43. The van der Waals surface area contributed by atoms with Gasteiger partial charge in [0.15, 0.2) is 0 Å². The number of hydrogen-bond donors (Lipinski definition) is 0. The second-order valence-electron chi connectivity index (χ2n) is 7.51. The lowest BCUT2D eigenvalue weighted by Gasteiger charge is -2.38. The van der Waals surface area contributed by atoms with E-state index in [4.69, 9.17) is 0 Å². The van der Waals surface area contributed by atoms with Crippen LogP contribution >= 0.6 is 0 Å². The zero-order chi connectivity index (χ0) is 19.1. The van der Waals surface area contributed by atoms with Crippen LogP contribution in [0.15, 0.2) is 67.0 Å². The van der Waals surface area contributed by atoms with Crippen LogP contribution in [0.5, 0.6) is 0 Å². The molecular weight excluding hydrogens is 355 g/mol. The first-order valence-electron chi connectivity index (χ1n) is 9.53. The standard InChI is InChI=1S/C22H21FN4O/c23-17-6-3-5-16(11-17)12-25-14-20-21(15-25)27(13-18-7-1-2-9-24-18)22(28)19-8-4-10-26(19)20/h1-11,20-21H,12-15H2/t20-,21+/m1/s1. The number of aromatic nitrogens is 2. The fourth-order valence-corrected chi connectivity index (χ4v) is 4.47. The Bertz CT molecular complexity index is 1000. The van der Waals surface area contributed by atoms with Gasteiger partial charge in [-0.15, -0.1) is 0 Å². The first-order chi connectivity index (χ1) is 13.7. The molecule has 142 valence electrons. The maximum atomic E-state index is 13.6. The summed E-state index contributed by atoms with van der Waals surface area (Å²) in [4.78, 5) is 21.8. The van der Waals surface area contributed by atoms with Crippen LogP contribution in [0.4, 0.5) is 4.39 Å². The molecule has 4 heterocycles. The van der Waals surface area contributed by atoms with Crippen molar-refractivity contribution in [3.63, 3.8) is 0 Å². The molecule has 0 N–H and O–H groups in total. The number of carbonyl (C=O) groups excluding carboxylic acids is 1. The molecule has 3 aromatic rings. The summed E-state index contributed by atoms with van der Waals surface area (Å²) in [5, 5.41) is 0. The number of carbonyl (C=O) groups is 1. The van der Waals surface area contributed by atoms with Crippen LogP contribution in [0.2, 0.25) is 0 Å². The fraction of sp³-hybridized carbons (Fsp3) is 0.273. The molecule has 2 aliphatic rings. The molecular formula is C22H21FN4O. The summed E-state index contributed by atoms with van der Waals surface area (Å²) < 4.78 is 15.7. The number of amides is 1. The number of halogens is 1. The third-order valence-corrected chi connectivity index (χ3v) is 5.70. The molecule has 0 bridgehead atoms. The maximum Gasteiger partial charge on any atom is 0.271 e. The quantitative estimate of drug-likeness (QED) is 0.703. The first kappa shape index (κ1) is 17.1. The highest BCUT2D eigenvalue weighted by Crippen LogP contribution is 2.35. The van der Waals surface area contributed by atoms with E-state index in [0.29, 0.717) is 13.1 Å². The number of benzene rings is 1. The van der Waals surface area contributed by atoms with Gasteiger partial charge in [0, 0.05) is 32.0 Å². The highest BCUT2D eigenvalue weighted by Gasteiger charge is 2.44. The second-order valence-corrected chi connectivity index (χ2v) is 7.51. The van der Waals surface area contributed by atoms with Gasteiger partial charge in [-0.1, -0.05) is 18.2 Å². The van der Waals surface area contributed by atoms with Crippen molar-refractivity contribution in [1.29, 1.82) is 0 Å². The van der Waals surface area contributed by atoms with Gasteiger partial charge < -0.3 is 9.47 Å². The van der Waals surface area contributed by atoms with Crippen LogP contribution < -0.4 is 0 Å². The molecule has 0 aliphatic carbocycles. The molecule has 28 heavy (non-hydrogen) atoms. The summed E-state index contributed by atoms with van der Waals surface area (Å²) in [6, 6.07) is 16.6. The van der Waals surface area contributed by atoms with Crippen molar-refractivity contribution >= 4 is 5.91 Å². The molecule has 1 fully saturated rings. The Morgan fingerprint density at radius 3 is 2.71 bits per heavy atom. The molecule has 2 aliphatic heterocycles. The van der Waals surface area contributed by atoms with Gasteiger partial charge in [0.25, 0.3) is 5.91 Å². The first-order valence-corrected chi connectivity index (χ1v) is 9.53. The van der Waals surface area contributed by atoms with E-state index in [1.165, 1.54) is 6.07 Å². The SMILES string of the molecule is O=C1c2cccn2[C@@H]2CN(Cc3cccc(F)c3)C[C@@H]2N1Cc1ccccn1. The van der Waals surface area contributed by atoms with Crippen molar-refractivity contribution in [1.82, 2.24) is 19.4 Å². The molecule has 1 amide bonds. The molecule has 1 aromatic carbocycles. The number of hydrogen-bond acceptors (Lipinski definition) is 3. The fourth-order valence-electron chi connectivity index (χ4n) is 4.47. The van der Waals surface area contributed by atoms with Crippen molar-refractivity contribution < 1.29 is 9.18 Å². The highest BCUT2D eigenvalue weighted by atomic mass is 19.1. The number of fused-ring (bicyclic) bond motifs is 3. The maximum absolute atomic E-state index is 13.6. The molecule has 0 unspecified atom stereocenters. The van der Waals surface area contributed by atoms with Crippen molar-refractivity contribution in [2.24, 2.45) is 0 Å². The largest absolute Gasteiger partial charge is 0.337 e. The summed E-state index contributed by atoms with van der Waals surface area (Å²) >= 11 is 0. The number of nitrogens with zero attached hydrogens (tertiary/aromatic N) is 4. The molecule has 2 atom stereocenters. The predicted octanol–water partition coefficient (Wildman–Crippen LogP) is 3.10. The minimum atomic E-state index is -0.214. The van der Waals surface area contributed by atoms with Crippen molar-refractivity contribution in [2.45, 2.75) is 25.2 Å². The zero-order valence-electron chi connectivity index (χ0n) is 15.4. The number of pyridine rings is 1. The van der Waals surface area contributed by atoms with Gasteiger partial charge in [0.1, 0.15) is 11.5 Å². The molecule has 1 saturated heterocycles. The summed E-state index contributed by atoms with van der Waals surface area (Å²) in [5.41, 5.74) is 2.57. The minimum absolute atomic E-state index is 0.0458. The van der Waals surface area contributed by atoms with E-state index in [1.54, 1.807) is 18.3 Å². The predicted molar refractivity (Wildman–Crippen MR) is 103 cm³/mol. The highest BCUT2D eigenvalue weighted by molar-refractivity contribution is 5.94.